The normalized spacial score (nSPS) is 28.9. The molecule has 3 heteroatoms. The van der Waals surface area contributed by atoms with Gasteiger partial charge < -0.3 is 9.47 Å². The zero-order chi connectivity index (χ0) is 10.3. The number of Topliss-reactive ketones (excluding diaryl/α,β-unsaturated/α-hetero) is 1. The first kappa shape index (κ1) is 8.92. The fourth-order valence-corrected chi connectivity index (χ4v) is 2.25. The molecular weight excluding hydrogens is 192 g/mol. The number of ether oxygens (including phenoxy) is 2. The van der Waals surface area contributed by atoms with Crippen molar-refractivity contribution in [1.29, 1.82) is 0 Å². The lowest BCUT2D eigenvalue weighted by atomic mass is 9.89. The first-order valence-electron chi connectivity index (χ1n) is 5.18. The summed E-state index contributed by atoms with van der Waals surface area (Å²) in [6.07, 6.45) is 1.26. The Morgan fingerprint density at radius 2 is 2.13 bits per heavy atom. The molecule has 2 heterocycles. The summed E-state index contributed by atoms with van der Waals surface area (Å²) in [6, 6.07) is 7.43. The van der Waals surface area contributed by atoms with E-state index in [-0.39, 0.29) is 11.4 Å². The van der Waals surface area contributed by atoms with Gasteiger partial charge in [0.25, 0.3) is 0 Å². The number of para-hydroxylation sites is 1. The van der Waals surface area contributed by atoms with E-state index < -0.39 is 0 Å². The molecule has 2 aliphatic heterocycles. The molecule has 1 aromatic carbocycles. The zero-order valence-electron chi connectivity index (χ0n) is 8.36. The number of carbonyl (C=O) groups excluding carboxylic acids is 1. The maximum Gasteiger partial charge on any atom is 0.170 e. The highest BCUT2D eigenvalue weighted by molar-refractivity contribution is 6.00. The van der Waals surface area contributed by atoms with E-state index >= 15 is 0 Å². The van der Waals surface area contributed by atoms with Crippen molar-refractivity contribution in [3.05, 3.63) is 29.8 Å². The van der Waals surface area contributed by atoms with Gasteiger partial charge in [0.2, 0.25) is 0 Å². The van der Waals surface area contributed by atoms with Crippen molar-refractivity contribution in [1.82, 2.24) is 0 Å². The summed E-state index contributed by atoms with van der Waals surface area (Å²) < 4.78 is 11.2. The van der Waals surface area contributed by atoms with Crippen molar-refractivity contribution in [3.63, 3.8) is 0 Å². The third-order valence-electron chi connectivity index (χ3n) is 3.06. The highest BCUT2D eigenvalue weighted by Gasteiger charge is 2.43. The van der Waals surface area contributed by atoms with Gasteiger partial charge in [-0.15, -0.1) is 0 Å². The van der Waals surface area contributed by atoms with Crippen LogP contribution in [0.15, 0.2) is 24.3 Å². The second-order valence-corrected chi connectivity index (χ2v) is 4.18. The number of carbonyl (C=O) groups is 1. The van der Waals surface area contributed by atoms with Gasteiger partial charge >= 0.3 is 0 Å². The molecule has 0 unspecified atom stereocenters. The SMILES string of the molecule is O=C1C[C@]2(CCOC2)Oc2ccccc21. The van der Waals surface area contributed by atoms with Crippen LogP contribution in [-0.4, -0.2) is 24.6 Å². The van der Waals surface area contributed by atoms with Crippen molar-refractivity contribution < 1.29 is 14.3 Å². The molecule has 0 saturated carbocycles. The third kappa shape index (κ3) is 1.35. The molecule has 0 aliphatic carbocycles. The van der Waals surface area contributed by atoms with Crippen molar-refractivity contribution in [2.45, 2.75) is 18.4 Å². The third-order valence-corrected chi connectivity index (χ3v) is 3.06. The summed E-state index contributed by atoms with van der Waals surface area (Å²) in [6.45, 7) is 1.22. The van der Waals surface area contributed by atoms with E-state index in [1.807, 2.05) is 24.3 Å². The smallest absolute Gasteiger partial charge is 0.170 e. The standard InChI is InChI=1S/C12H12O3/c13-10-7-12(5-6-14-8-12)15-11-4-2-1-3-9(10)11/h1-4H,5-8H2/t12-/m0/s1. The minimum atomic E-state index is -0.383. The number of rotatable bonds is 0. The molecule has 1 fully saturated rings. The predicted molar refractivity (Wildman–Crippen MR) is 54.2 cm³/mol. The van der Waals surface area contributed by atoms with Gasteiger partial charge in [0.1, 0.15) is 11.4 Å². The summed E-state index contributed by atoms with van der Waals surface area (Å²) in [5.41, 5.74) is 0.320. The molecule has 3 rings (SSSR count). The van der Waals surface area contributed by atoms with Crippen molar-refractivity contribution in [2.75, 3.05) is 13.2 Å². The highest BCUT2D eigenvalue weighted by Crippen LogP contribution is 2.37. The van der Waals surface area contributed by atoms with Gasteiger partial charge in [-0.1, -0.05) is 12.1 Å². The molecule has 0 N–H and O–H groups in total. The molecule has 1 saturated heterocycles. The van der Waals surface area contributed by atoms with Gasteiger partial charge in [0.15, 0.2) is 5.78 Å². The average molecular weight is 204 g/mol. The summed E-state index contributed by atoms with van der Waals surface area (Å²) in [7, 11) is 0. The van der Waals surface area contributed by atoms with E-state index in [2.05, 4.69) is 0 Å². The fourth-order valence-electron chi connectivity index (χ4n) is 2.25. The van der Waals surface area contributed by atoms with Crippen LogP contribution < -0.4 is 4.74 Å². The largest absolute Gasteiger partial charge is 0.484 e. The van der Waals surface area contributed by atoms with Gasteiger partial charge in [-0.05, 0) is 12.1 Å². The molecular formula is C12H12O3. The van der Waals surface area contributed by atoms with E-state index in [0.29, 0.717) is 30.9 Å². The minimum absolute atomic E-state index is 0.169. The lowest BCUT2D eigenvalue weighted by Gasteiger charge is -2.33. The van der Waals surface area contributed by atoms with Crippen molar-refractivity contribution in [2.24, 2.45) is 0 Å². The Balaban J connectivity index is 2.02. The summed E-state index contributed by atoms with van der Waals surface area (Å²) in [5, 5.41) is 0. The number of hydrogen-bond donors (Lipinski definition) is 0. The van der Waals surface area contributed by atoms with Crippen LogP contribution in [0.2, 0.25) is 0 Å². The van der Waals surface area contributed by atoms with Crippen LogP contribution in [-0.2, 0) is 4.74 Å². The van der Waals surface area contributed by atoms with Gasteiger partial charge in [0.05, 0.1) is 25.2 Å². The number of hydrogen-bond acceptors (Lipinski definition) is 3. The Hall–Kier alpha value is -1.35. The zero-order valence-corrected chi connectivity index (χ0v) is 8.36. The molecule has 78 valence electrons. The van der Waals surface area contributed by atoms with Crippen molar-refractivity contribution >= 4 is 5.78 Å². The molecule has 1 atom stereocenters. The molecule has 2 aliphatic rings. The van der Waals surface area contributed by atoms with Crippen LogP contribution in [0.5, 0.6) is 5.75 Å². The second-order valence-electron chi connectivity index (χ2n) is 4.18. The molecule has 1 spiro atoms. The van der Waals surface area contributed by atoms with Crippen LogP contribution in [0, 0.1) is 0 Å². The Morgan fingerprint density at radius 3 is 2.93 bits per heavy atom. The molecule has 3 nitrogen and oxygen atoms in total. The van der Waals surface area contributed by atoms with Gasteiger partial charge in [0, 0.05) is 6.42 Å². The summed E-state index contributed by atoms with van der Waals surface area (Å²) >= 11 is 0. The quantitative estimate of drug-likeness (QED) is 0.646. The van der Waals surface area contributed by atoms with E-state index in [0.717, 1.165) is 6.42 Å². The Morgan fingerprint density at radius 1 is 1.27 bits per heavy atom. The van der Waals surface area contributed by atoms with E-state index in [4.69, 9.17) is 9.47 Å². The van der Waals surface area contributed by atoms with E-state index in [1.54, 1.807) is 0 Å². The van der Waals surface area contributed by atoms with Crippen LogP contribution in [0.1, 0.15) is 23.2 Å². The van der Waals surface area contributed by atoms with Crippen LogP contribution in [0.4, 0.5) is 0 Å². The maximum absolute atomic E-state index is 11.9. The van der Waals surface area contributed by atoms with Crippen LogP contribution >= 0.6 is 0 Å². The molecule has 0 radical (unpaired) electrons. The van der Waals surface area contributed by atoms with Gasteiger partial charge in [-0.3, -0.25) is 4.79 Å². The molecule has 1 aromatic rings. The van der Waals surface area contributed by atoms with Crippen LogP contribution in [0.3, 0.4) is 0 Å². The van der Waals surface area contributed by atoms with Crippen molar-refractivity contribution in [3.8, 4) is 5.75 Å². The molecule has 15 heavy (non-hydrogen) atoms. The monoisotopic (exact) mass is 204 g/mol. The topological polar surface area (TPSA) is 35.5 Å². The first-order chi connectivity index (χ1) is 7.29. The first-order valence-corrected chi connectivity index (χ1v) is 5.18. The van der Waals surface area contributed by atoms with E-state index in [1.165, 1.54) is 0 Å². The Bertz CT molecular complexity index is 405. The number of fused-ring (bicyclic) bond motifs is 1. The highest BCUT2D eigenvalue weighted by atomic mass is 16.6. The minimum Gasteiger partial charge on any atom is -0.484 e. The predicted octanol–water partition coefficient (Wildman–Crippen LogP) is 1.81. The van der Waals surface area contributed by atoms with E-state index in [9.17, 15) is 4.79 Å². The number of benzene rings is 1. The summed E-state index contributed by atoms with van der Waals surface area (Å²) in [4.78, 5) is 11.9. The number of ketones is 1. The second kappa shape index (κ2) is 3.07. The van der Waals surface area contributed by atoms with Gasteiger partial charge in [-0.25, -0.2) is 0 Å². The van der Waals surface area contributed by atoms with Gasteiger partial charge in [-0.2, -0.15) is 0 Å². The molecule has 0 bridgehead atoms. The fraction of sp³-hybridized carbons (Fsp3) is 0.417. The lowest BCUT2D eigenvalue weighted by molar-refractivity contribution is 0.0306. The summed E-state index contributed by atoms with van der Waals surface area (Å²) in [5.74, 6) is 0.876. The maximum atomic E-state index is 11.9. The molecule has 0 amide bonds. The van der Waals surface area contributed by atoms with Crippen LogP contribution in [0.25, 0.3) is 0 Å². The lowest BCUT2D eigenvalue weighted by Crippen LogP contribution is -2.42. The average Bonchev–Trinajstić information content (AvgIpc) is 2.66. The molecule has 0 aromatic heterocycles. The Kier molecular flexibility index (Phi) is 1.83. The Labute approximate surface area is 88.0 Å².